The molecule has 1 aliphatic rings. The summed E-state index contributed by atoms with van der Waals surface area (Å²) >= 11 is 1.72. The number of halogens is 1. The van der Waals surface area contributed by atoms with Gasteiger partial charge in [-0.25, -0.2) is 0 Å². The molecule has 2 unspecified atom stereocenters. The Hall–Kier alpha value is 0.0700. The zero-order chi connectivity index (χ0) is 12.3. The minimum absolute atomic E-state index is 0. The first kappa shape index (κ1) is 17.1. The van der Waals surface area contributed by atoms with Crippen LogP contribution >= 0.6 is 24.2 Å². The van der Waals surface area contributed by atoms with Crippen molar-refractivity contribution in [3.8, 4) is 0 Å². The first-order chi connectivity index (χ1) is 7.33. The summed E-state index contributed by atoms with van der Waals surface area (Å²) in [5.74, 6) is 1.35. The van der Waals surface area contributed by atoms with E-state index in [4.69, 9.17) is 5.73 Å². The smallest absolute Gasteiger partial charge is 0.232 e. The van der Waals surface area contributed by atoms with Crippen LogP contribution in [0, 0.1) is 5.92 Å². The molecule has 1 heterocycles. The van der Waals surface area contributed by atoms with Crippen molar-refractivity contribution in [2.24, 2.45) is 11.7 Å². The van der Waals surface area contributed by atoms with E-state index in [1.807, 2.05) is 4.90 Å². The average Bonchev–Trinajstić information content (AvgIpc) is 2.55. The summed E-state index contributed by atoms with van der Waals surface area (Å²) in [6.45, 7) is 10.1. The second-order valence-corrected chi connectivity index (χ2v) is 7.44. The molecule has 5 heteroatoms. The highest BCUT2D eigenvalue weighted by atomic mass is 35.5. The van der Waals surface area contributed by atoms with E-state index in [-0.39, 0.29) is 23.1 Å². The Balaban J connectivity index is 0.00000256. The molecule has 0 bridgehead atoms. The van der Waals surface area contributed by atoms with Crippen molar-refractivity contribution in [3.63, 3.8) is 0 Å². The minimum Gasteiger partial charge on any atom is -0.339 e. The van der Waals surface area contributed by atoms with Gasteiger partial charge >= 0.3 is 0 Å². The Morgan fingerprint density at radius 3 is 2.47 bits per heavy atom. The fraction of sp³-hybridized carbons (Fsp3) is 0.917. The van der Waals surface area contributed by atoms with Crippen molar-refractivity contribution in [1.82, 2.24) is 4.90 Å². The number of amides is 1. The Morgan fingerprint density at radius 1 is 1.47 bits per heavy atom. The van der Waals surface area contributed by atoms with Gasteiger partial charge in [-0.15, -0.1) is 24.2 Å². The largest absolute Gasteiger partial charge is 0.339 e. The summed E-state index contributed by atoms with van der Waals surface area (Å²) in [5.41, 5.74) is 5.66. The highest BCUT2D eigenvalue weighted by Gasteiger charge is 2.31. The molecule has 0 aromatic rings. The zero-order valence-electron chi connectivity index (χ0n) is 11.2. The topological polar surface area (TPSA) is 46.3 Å². The minimum atomic E-state index is 0. The van der Waals surface area contributed by atoms with Crippen LogP contribution in [0.1, 0.15) is 34.1 Å². The summed E-state index contributed by atoms with van der Waals surface area (Å²) in [5, 5.41) is 0. The van der Waals surface area contributed by atoms with E-state index in [1.54, 1.807) is 11.8 Å². The highest BCUT2D eigenvalue weighted by molar-refractivity contribution is 8.01. The molecular formula is C12H25ClN2OS. The van der Waals surface area contributed by atoms with Crippen LogP contribution in [-0.4, -0.2) is 40.4 Å². The maximum absolute atomic E-state index is 12.0. The van der Waals surface area contributed by atoms with Crippen LogP contribution in [0.15, 0.2) is 0 Å². The number of nitrogens with zero attached hydrogens (tertiary/aromatic N) is 1. The molecule has 1 saturated heterocycles. The number of hydrogen-bond donors (Lipinski definition) is 1. The molecule has 1 aliphatic heterocycles. The lowest BCUT2D eigenvalue weighted by Crippen LogP contribution is -2.36. The lowest BCUT2D eigenvalue weighted by Gasteiger charge is -2.24. The second-order valence-electron chi connectivity index (χ2n) is 5.63. The van der Waals surface area contributed by atoms with Crippen molar-refractivity contribution >= 4 is 30.1 Å². The van der Waals surface area contributed by atoms with Crippen LogP contribution in [0.25, 0.3) is 0 Å². The molecule has 102 valence electrons. The van der Waals surface area contributed by atoms with Crippen molar-refractivity contribution < 1.29 is 4.79 Å². The molecule has 1 rings (SSSR count). The third-order valence-electron chi connectivity index (χ3n) is 2.94. The van der Waals surface area contributed by atoms with Crippen LogP contribution in [0.5, 0.6) is 0 Å². The zero-order valence-corrected chi connectivity index (χ0v) is 12.9. The van der Waals surface area contributed by atoms with Gasteiger partial charge in [0.05, 0.1) is 5.75 Å². The third-order valence-corrected chi connectivity index (χ3v) is 4.20. The molecule has 2 atom stereocenters. The van der Waals surface area contributed by atoms with Crippen molar-refractivity contribution in [3.05, 3.63) is 0 Å². The first-order valence-corrected chi connectivity index (χ1v) is 6.95. The fourth-order valence-corrected chi connectivity index (χ4v) is 2.74. The van der Waals surface area contributed by atoms with E-state index in [0.717, 1.165) is 13.0 Å². The molecule has 3 nitrogen and oxygen atoms in total. The van der Waals surface area contributed by atoms with E-state index in [2.05, 4.69) is 27.7 Å². The summed E-state index contributed by atoms with van der Waals surface area (Å²) in [7, 11) is 0. The predicted molar refractivity (Wildman–Crippen MR) is 77.8 cm³/mol. The van der Waals surface area contributed by atoms with Crippen LogP contribution in [0.2, 0.25) is 0 Å². The van der Waals surface area contributed by atoms with Crippen LogP contribution in [0.3, 0.4) is 0 Å². The van der Waals surface area contributed by atoms with Gasteiger partial charge in [-0.3, -0.25) is 4.79 Å². The maximum Gasteiger partial charge on any atom is 0.232 e. The number of carbonyl (C=O) groups excluding carboxylic acids is 1. The highest BCUT2D eigenvalue weighted by Crippen LogP contribution is 2.26. The molecular weight excluding hydrogens is 256 g/mol. The summed E-state index contributed by atoms with van der Waals surface area (Å²) in [6, 6.07) is 0.363. The van der Waals surface area contributed by atoms with Gasteiger partial charge < -0.3 is 10.6 Å². The third kappa shape index (κ3) is 5.49. The summed E-state index contributed by atoms with van der Waals surface area (Å²) in [4.78, 5) is 14.0. The van der Waals surface area contributed by atoms with E-state index in [9.17, 15) is 4.79 Å². The van der Waals surface area contributed by atoms with E-state index < -0.39 is 0 Å². The molecule has 0 aliphatic carbocycles. The number of hydrogen-bond acceptors (Lipinski definition) is 3. The molecule has 2 N–H and O–H groups in total. The Morgan fingerprint density at radius 2 is 2.06 bits per heavy atom. The van der Waals surface area contributed by atoms with E-state index in [1.165, 1.54) is 0 Å². The fourth-order valence-electron chi connectivity index (χ4n) is 2.02. The Kier molecular flexibility index (Phi) is 6.89. The van der Waals surface area contributed by atoms with Crippen molar-refractivity contribution in [2.75, 3.05) is 18.8 Å². The van der Waals surface area contributed by atoms with Gasteiger partial charge in [0.25, 0.3) is 0 Å². The van der Waals surface area contributed by atoms with E-state index >= 15 is 0 Å². The number of carbonyl (C=O) groups is 1. The van der Waals surface area contributed by atoms with E-state index in [0.29, 0.717) is 24.3 Å². The summed E-state index contributed by atoms with van der Waals surface area (Å²) in [6.07, 6.45) is 1.06. The van der Waals surface area contributed by atoms with Gasteiger partial charge in [0.15, 0.2) is 0 Å². The Bertz CT molecular complexity index is 255. The van der Waals surface area contributed by atoms with Crippen LogP contribution in [0.4, 0.5) is 0 Å². The lowest BCUT2D eigenvalue weighted by molar-refractivity contribution is -0.128. The molecule has 17 heavy (non-hydrogen) atoms. The van der Waals surface area contributed by atoms with Gasteiger partial charge in [0.1, 0.15) is 0 Å². The predicted octanol–water partition coefficient (Wildman–Crippen LogP) is 2.14. The SMILES string of the molecule is CC1CC(CN)CN1C(=O)CSC(C)(C)C.Cl. The number of thioether (sulfide) groups is 1. The molecule has 0 saturated carbocycles. The molecule has 0 aromatic heterocycles. The second kappa shape index (κ2) is 6.86. The van der Waals surface area contributed by atoms with Crippen LogP contribution in [-0.2, 0) is 4.79 Å². The number of nitrogens with two attached hydrogens (primary N) is 1. The van der Waals surface area contributed by atoms with Crippen LogP contribution < -0.4 is 5.73 Å². The van der Waals surface area contributed by atoms with Crippen molar-refractivity contribution in [1.29, 1.82) is 0 Å². The molecule has 0 spiro atoms. The molecule has 1 amide bonds. The molecule has 0 aromatic carbocycles. The van der Waals surface area contributed by atoms with Crippen molar-refractivity contribution in [2.45, 2.75) is 44.9 Å². The normalized spacial score (nSPS) is 24.6. The standard InChI is InChI=1S/C12H24N2OS.ClH/c1-9-5-10(6-13)7-14(9)11(15)8-16-12(2,3)4;/h9-10H,5-8,13H2,1-4H3;1H. The van der Waals surface area contributed by atoms with Gasteiger partial charge in [-0.2, -0.15) is 0 Å². The Labute approximate surface area is 115 Å². The number of likely N-dealkylation sites (tertiary alicyclic amines) is 1. The number of rotatable bonds is 3. The first-order valence-electron chi connectivity index (χ1n) is 5.97. The van der Waals surface area contributed by atoms with Gasteiger partial charge in [0.2, 0.25) is 5.91 Å². The summed E-state index contributed by atoms with van der Waals surface area (Å²) < 4.78 is 0.159. The lowest BCUT2D eigenvalue weighted by atomic mass is 10.1. The monoisotopic (exact) mass is 280 g/mol. The van der Waals surface area contributed by atoms with Gasteiger partial charge in [-0.05, 0) is 25.8 Å². The molecule has 1 fully saturated rings. The quantitative estimate of drug-likeness (QED) is 0.862. The van der Waals surface area contributed by atoms with Gasteiger partial charge in [-0.1, -0.05) is 20.8 Å². The van der Waals surface area contributed by atoms with Gasteiger partial charge in [0, 0.05) is 17.3 Å². The maximum atomic E-state index is 12.0. The average molecular weight is 281 g/mol. The molecule has 0 radical (unpaired) electrons.